The van der Waals surface area contributed by atoms with Gasteiger partial charge < -0.3 is 14.2 Å². The minimum Gasteiger partial charge on any atom is -0.490 e. The summed E-state index contributed by atoms with van der Waals surface area (Å²) in [6, 6.07) is 10.6. The number of thioether (sulfide) groups is 1. The molecule has 2 aromatic carbocycles. The second kappa shape index (κ2) is 8.23. The zero-order valence-electron chi connectivity index (χ0n) is 15.2. The van der Waals surface area contributed by atoms with Crippen LogP contribution in [0.4, 0.5) is 4.79 Å². The molecule has 0 atom stereocenters. The average molecular weight is 430 g/mol. The molecule has 0 radical (unpaired) electrons. The first kappa shape index (κ1) is 19.4. The third-order valence-electron chi connectivity index (χ3n) is 4.27. The fourth-order valence-electron chi connectivity index (χ4n) is 2.89. The first-order valence-electron chi connectivity index (χ1n) is 8.72. The SMILES string of the molecule is C=CCOc1cccc(/C=C2/SC(=O)N(Cc3cc4c(cc3Cl)OCO4)C2=O)c1. The van der Waals surface area contributed by atoms with Crippen LogP contribution in [0.3, 0.4) is 0 Å². The number of amides is 2. The molecule has 2 aliphatic rings. The molecule has 6 nitrogen and oxygen atoms in total. The third kappa shape index (κ3) is 4.11. The second-order valence-corrected chi connectivity index (χ2v) is 7.64. The number of carbonyl (C=O) groups is 2. The number of rotatable bonds is 6. The third-order valence-corrected chi connectivity index (χ3v) is 5.53. The van der Waals surface area contributed by atoms with Gasteiger partial charge in [0.15, 0.2) is 11.5 Å². The van der Waals surface area contributed by atoms with E-state index in [0.29, 0.717) is 39.3 Å². The molecule has 2 amide bonds. The summed E-state index contributed by atoms with van der Waals surface area (Å²) in [5.74, 6) is 1.38. The molecule has 4 rings (SSSR count). The van der Waals surface area contributed by atoms with E-state index in [4.69, 9.17) is 25.8 Å². The minimum atomic E-state index is -0.369. The van der Waals surface area contributed by atoms with Crippen molar-refractivity contribution in [3.63, 3.8) is 0 Å². The highest BCUT2D eigenvalue weighted by Crippen LogP contribution is 2.39. The van der Waals surface area contributed by atoms with Gasteiger partial charge in [0.1, 0.15) is 12.4 Å². The van der Waals surface area contributed by atoms with E-state index in [-0.39, 0.29) is 24.5 Å². The van der Waals surface area contributed by atoms with Crippen molar-refractivity contribution in [1.29, 1.82) is 0 Å². The van der Waals surface area contributed by atoms with Crippen LogP contribution in [0.25, 0.3) is 6.08 Å². The van der Waals surface area contributed by atoms with Crippen molar-refractivity contribution in [1.82, 2.24) is 4.90 Å². The highest BCUT2D eigenvalue weighted by Gasteiger charge is 2.35. The summed E-state index contributed by atoms with van der Waals surface area (Å²) in [7, 11) is 0. The Morgan fingerprint density at radius 1 is 1.21 bits per heavy atom. The first-order valence-corrected chi connectivity index (χ1v) is 9.92. The van der Waals surface area contributed by atoms with E-state index in [2.05, 4.69) is 6.58 Å². The predicted molar refractivity (Wildman–Crippen MR) is 111 cm³/mol. The molecule has 8 heteroatoms. The fraction of sp³-hybridized carbons (Fsp3) is 0.143. The van der Waals surface area contributed by atoms with Gasteiger partial charge in [-0.3, -0.25) is 14.5 Å². The van der Waals surface area contributed by atoms with Gasteiger partial charge in [-0.1, -0.05) is 36.4 Å². The number of benzene rings is 2. The van der Waals surface area contributed by atoms with E-state index in [0.717, 1.165) is 22.2 Å². The highest BCUT2D eigenvalue weighted by molar-refractivity contribution is 8.18. The number of hydrogen-bond donors (Lipinski definition) is 0. The molecule has 0 saturated carbocycles. The van der Waals surface area contributed by atoms with Crippen LogP contribution in [0.15, 0.2) is 54.0 Å². The van der Waals surface area contributed by atoms with Gasteiger partial charge in [-0.15, -0.1) is 0 Å². The van der Waals surface area contributed by atoms with Crippen LogP contribution < -0.4 is 14.2 Å². The minimum absolute atomic E-state index is 0.0555. The van der Waals surface area contributed by atoms with Crippen LogP contribution in [-0.2, 0) is 11.3 Å². The van der Waals surface area contributed by atoms with Crippen molar-refractivity contribution < 1.29 is 23.8 Å². The number of imide groups is 1. The Bertz CT molecular complexity index is 1040. The standard InChI is InChI=1S/C21H16ClNO5S/c1-2-6-26-15-5-3-4-13(7-15)8-19-20(24)23(21(25)29-19)11-14-9-17-18(10-16(14)22)28-12-27-17/h2-5,7-10H,1,6,11-12H2/b19-8+. The van der Waals surface area contributed by atoms with Gasteiger partial charge in [-0.2, -0.15) is 0 Å². The lowest BCUT2D eigenvalue weighted by molar-refractivity contribution is -0.123. The van der Waals surface area contributed by atoms with Crippen molar-refractivity contribution in [3.05, 3.63) is 70.1 Å². The van der Waals surface area contributed by atoms with Crippen LogP contribution in [-0.4, -0.2) is 29.4 Å². The zero-order valence-corrected chi connectivity index (χ0v) is 16.8. The lowest BCUT2D eigenvalue weighted by Crippen LogP contribution is -2.27. The lowest BCUT2D eigenvalue weighted by atomic mass is 10.1. The molecule has 0 bridgehead atoms. The molecule has 0 aromatic heterocycles. The summed E-state index contributed by atoms with van der Waals surface area (Å²) < 4.78 is 16.1. The molecule has 2 aromatic rings. The van der Waals surface area contributed by atoms with Gasteiger partial charge in [0.25, 0.3) is 11.1 Å². The summed E-state index contributed by atoms with van der Waals surface area (Å²) in [4.78, 5) is 26.7. The summed E-state index contributed by atoms with van der Waals surface area (Å²) >= 11 is 7.17. The molecule has 1 saturated heterocycles. The molecule has 1 fully saturated rings. The highest BCUT2D eigenvalue weighted by atomic mass is 35.5. The quantitative estimate of drug-likeness (QED) is 0.482. The van der Waals surface area contributed by atoms with E-state index in [1.165, 1.54) is 0 Å². The van der Waals surface area contributed by atoms with Crippen molar-refractivity contribution in [2.75, 3.05) is 13.4 Å². The lowest BCUT2D eigenvalue weighted by Gasteiger charge is -2.14. The maximum atomic E-state index is 12.8. The van der Waals surface area contributed by atoms with Crippen molar-refractivity contribution in [2.45, 2.75) is 6.54 Å². The van der Waals surface area contributed by atoms with Gasteiger partial charge in [-0.05, 0) is 47.2 Å². The van der Waals surface area contributed by atoms with E-state index in [1.807, 2.05) is 18.2 Å². The topological polar surface area (TPSA) is 65.1 Å². The zero-order chi connectivity index (χ0) is 20.4. The van der Waals surface area contributed by atoms with E-state index in [9.17, 15) is 9.59 Å². The summed E-state index contributed by atoms with van der Waals surface area (Å²) in [6.45, 7) is 4.18. The number of halogens is 1. The average Bonchev–Trinajstić information content (AvgIpc) is 3.26. The monoisotopic (exact) mass is 429 g/mol. The summed E-state index contributed by atoms with van der Waals surface area (Å²) in [5.41, 5.74) is 1.37. The largest absolute Gasteiger partial charge is 0.490 e. The number of carbonyl (C=O) groups excluding carboxylic acids is 2. The van der Waals surface area contributed by atoms with Gasteiger partial charge in [0, 0.05) is 11.1 Å². The van der Waals surface area contributed by atoms with E-state index < -0.39 is 0 Å². The normalized spacial score (nSPS) is 16.6. The Morgan fingerprint density at radius 3 is 2.79 bits per heavy atom. The molecular formula is C21H16ClNO5S. The maximum absolute atomic E-state index is 12.8. The van der Waals surface area contributed by atoms with E-state index in [1.54, 1.807) is 30.4 Å². The van der Waals surface area contributed by atoms with Crippen molar-refractivity contribution in [3.8, 4) is 17.2 Å². The molecule has 148 valence electrons. The van der Waals surface area contributed by atoms with Crippen molar-refractivity contribution in [2.24, 2.45) is 0 Å². The molecule has 2 aliphatic heterocycles. The summed E-state index contributed by atoms with van der Waals surface area (Å²) in [6.07, 6.45) is 3.33. The fourth-order valence-corrected chi connectivity index (χ4v) is 3.94. The Hall–Kier alpha value is -2.90. The van der Waals surface area contributed by atoms with Crippen LogP contribution in [0.1, 0.15) is 11.1 Å². The molecule has 0 spiro atoms. The maximum Gasteiger partial charge on any atom is 0.293 e. The van der Waals surface area contributed by atoms with Gasteiger partial charge in [0.05, 0.1) is 11.4 Å². The number of nitrogens with zero attached hydrogens (tertiary/aromatic N) is 1. The van der Waals surface area contributed by atoms with Gasteiger partial charge >= 0.3 is 0 Å². The van der Waals surface area contributed by atoms with Crippen molar-refractivity contribution >= 4 is 40.6 Å². The number of fused-ring (bicyclic) bond motifs is 1. The summed E-state index contributed by atoms with van der Waals surface area (Å²) in [5, 5.41) is 0.0541. The molecule has 0 unspecified atom stereocenters. The van der Waals surface area contributed by atoms with Crippen LogP contribution in [0.5, 0.6) is 17.2 Å². The Morgan fingerprint density at radius 2 is 2.00 bits per heavy atom. The van der Waals surface area contributed by atoms with E-state index >= 15 is 0 Å². The second-order valence-electron chi connectivity index (χ2n) is 6.24. The predicted octanol–water partition coefficient (Wildman–Crippen LogP) is 4.87. The molecule has 0 aliphatic carbocycles. The molecule has 29 heavy (non-hydrogen) atoms. The molecule has 0 N–H and O–H groups in total. The smallest absolute Gasteiger partial charge is 0.293 e. The van der Waals surface area contributed by atoms with Crippen LogP contribution in [0, 0.1) is 0 Å². The Kier molecular flexibility index (Phi) is 5.51. The molecule has 2 heterocycles. The van der Waals surface area contributed by atoms with Gasteiger partial charge in [-0.25, -0.2) is 0 Å². The van der Waals surface area contributed by atoms with Gasteiger partial charge in [0.2, 0.25) is 6.79 Å². The first-order chi connectivity index (χ1) is 14.0. The van der Waals surface area contributed by atoms with Crippen LogP contribution in [0.2, 0.25) is 5.02 Å². The molecular weight excluding hydrogens is 414 g/mol. The number of hydrogen-bond acceptors (Lipinski definition) is 6. The Labute approximate surface area is 176 Å². The Balaban J connectivity index is 1.53. The van der Waals surface area contributed by atoms with Crippen LogP contribution >= 0.6 is 23.4 Å². The number of ether oxygens (including phenoxy) is 3.